The monoisotopic (exact) mass is 310 g/mol. The zero-order valence-electron chi connectivity index (χ0n) is 12.6. The highest BCUT2D eigenvalue weighted by atomic mass is 16.5. The van der Waals surface area contributed by atoms with Crippen LogP contribution < -0.4 is 5.32 Å². The first-order valence-corrected chi connectivity index (χ1v) is 7.81. The molecule has 1 aromatic carbocycles. The van der Waals surface area contributed by atoms with E-state index in [1.807, 2.05) is 36.5 Å². The minimum absolute atomic E-state index is 0.161. The minimum atomic E-state index is -0.161. The van der Waals surface area contributed by atoms with Crippen LogP contribution in [0.25, 0.3) is 10.9 Å². The standard InChI is InChI=1S/C17H18N4O2/c22-17(13-2-1-11-3-6-18-14(11)9-13)19-16-10-15(20-21-16)12-4-7-23-8-5-12/h1-3,6,9-10,12,18H,4-5,7-8H2,(H2,19,20,21,22). The van der Waals surface area contributed by atoms with Crippen LogP contribution in [0.4, 0.5) is 5.82 Å². The van der Waals surface area contributed by atoms with Crippen LogP contribution in [0.3, 0.4) is 0 Å². The highest BCUT2D eigenvalue weighted by Crippen LogP contribution is 2.26. The maximum absolute atomic E-state index is 12.4. The smallest absolute Gasteiger partial charge is 0.256 e. The molecule has 0 saturated carbocycles. The zero-order valence-corrected chi connectivity index (χ0v) is 12.6. The Morgan fingerprint density at radius 3 is 2.96 bits per heavy atom. The van der Waals surface area contributed by atoms with Gasteiger partial charge in [0, 0.05) is 48.2 Å². The Hall–Kier alpha value is -2.60. The lowest BCUT2D eigenvalue weighted by Crippen LogP contribution is -2.14. The van der Waals surface area contributed by atoms with Crippen molar-refractivity contribution in [2.45, 2.75) is 18.8 Å². The maximum Gasteiger partial charge on any atom is 0.256 e. The molecule has 1 aliphatic heterocycles. The van der Waals surface area contributed by atoms with Crippen molar-refractivity contribution in [2.75, 3.05) is 18.5 Å². The van der Waals surface area contributed by atoms with Crippen LogP contribution in [-0.4, -0.2) is 34.3 Å². The maximum atomic E-state index is 12.4. The van der Waals surface area contributed by atoms with Gasteiger partial charge in [0.1, 0.15) is 0 Å². The summed E-state index contributed by atoms with van der Waals surface area (Å²) in [5.74, 6) is 0.826. The molecule has 23 heavy (non-hydrogen) atoms. The highest BCUT2D eigenvalue weighted by molar-refractivity contribution is 6.05. The molecular weight excluding hydrogens is 292 g/mol. The van der Waals surface area contributed by atoms with Gasteiger partial charge in [0.15, 0.2) is 5.82 Å². The first-order chi connectivity index (χ1) is 11.3. The average Bonchev–Trinajstić information content (AvgIpc) is 3.24. The molecule has 3 N–H and O–H groups in total. The number of rotatable bonds is 3. The van der Waals surface area contributed by atoms with Crippen molar-refractivity contribution < 1.29 is 9.53 Å². The summed E-state index contributed by atoms with van der Waals surface area (Å²) in [5.41, 5.74) is 2.61. The molecule has 6 heteroatoms. The number of benzene rings is 1. The molecule has 118 valence electrons. The van der Waals surface area contributed by atoms with E-state index in [0.717, 1.165) is 42.7 Å². The van der Waals surface area contributed by atoms with Gasteiger partial charge in [-0.2, -0.15) is 5.10 Å². The lowest BCUT2D eigenvalue weighted by Gasteiger charge is -2.20. The Kier molecular flexibility index (Phi) is 3.59. The van der Waals surface area contributed by atoms with Crippen molar-refractivity contribution >= 4 is 22.6 Å². The second-order valence-electron chi connectivity index (χ2n) is 5.83. The van der Waals surface area contributed by atoms with Gasteiger partial charge in [-0.15, -0.1) is 0 Å². The van der Waals surface area contributed by atoms with Crippen molar-refractivity contribution in [3.8, 4) is 0 Å². The molecule has 1 aliphatic rings. The fourth-order valence-electron chi connectivity index (χ4n) is 3.00. The zero-order chi connectivity index (χ0) is 15.6. The third-order valence-corrected chi connectivity index (χ3v) is 4.32. The highest BCUT2D eigenvalue weighted by Gasteiger charge is 2.18. The van der Waals surface area contributed by atoms with E-state index in [-0.39, 0.29) is 5.91 Å². The van der Waals surface area contributed by atoms with Crippen molar-refractivity contribution in [2.24, 2.45) is 0 Å². The average molecular weight is 310 g/mol. The Morgan fingerprint density at radius 2 is 2.09 bits per heavy atom. The topological polar surface area (TPSA) is 82.8 Å². The number of aromatic amines is 2. The molecule has 0 spiro atoms. The van der Waals surface area contributed by atoms with Gasteiger partial charge >= 0.3 is 0 Å². The van der Waals surface area contributed by atoms with Gasteiger partial charge in [0.2, 0.25) is 0 Å². The Morgan fingerprint density at radius 1 is 1.22 bits per heavy atom. The molecule has 0 unspecified atom stereocenters. The molecule has 1 amide bonds. The number of carbonyl (C=O) groups excluding carboxylic acids is 1. The van der Waals surface area contributed by atoms with E-state index in [4.69, 9.17) is 4.74 Å². The van der Waals surface area contributed by atoms with Crippen LogP contribution >= 0.6 is 0 Å². The molecular formula is C17H18N4O2. The second kappa shape index (κ2) is 5.89. The third kappa shape index (κ3) is 2.85. The van der Waals surface area contributed by atoms with Crippen LogP contribution in [0.15, 0.2) is 36.5 Å². The first kappa shape index (κ1) is 14.0. The largest absolute Gasteiger partial charge is 0.381 e. The minimum Gasteiger partial charge on any atom is -0.381 e. The Bertz CT molecular complexity index is 830. The van der Waals surface area contributed by atoms with E-state index in [0.29, 0.717) is 17.3 Å². The number of nitrogens with zero attached hydrogens (tertiary/aromatic N) is 1. The van der Waals surface area contributed by atoms with Gasteiger partial charge < -0.3 is 15.0 Å². The molecule has 2 aromatic heterocycles. The summed E-state index contributed by atoms with van der Waals surface area (Å²) in [6, 6.07) is 9.49. The van der Waals surface area contributed by atoms with Crippen LogP contribution in [0.1, 0.15) is 34.8 Å². The number of aromatic nitrogens is 3. The molecule has 3 heterocycles. The van der Waals surface area contributed by atoms with Gasteiger partial charge in [0.25, 0.3) is 5.91 Å². The van der Waals surface area contributed by atoms with Gasteiger partial charge in [-0.1, -0.05) is 6.07 Å². The van der Waals surface area contributed by atoms with E-state index in [1.165, 1.54) is 0 Å². The van der Waals surface area contributed by atoms with Gasteiger partial charge in [0.05, 0.1) is 0 Å². The lowest BCUT2D eigenvalue weighted by atomic mass is 9.97. The van der Waals surface area contributed by atoms with Crippen molar-refractivity contribution in [1.82, 2.24) is 15.2 Å². The number of carbonyl (C=O) groups is 1. The van der Waals surface area contributed by atoms with E-state index in [1.54, 1.807) is 0 Å². The summed E-state index contributed by atoms with van der Waals surface area (Å²) in [4.78, 5) is 15.5. The molecule has 1 saturated heterocycles. The van der Waals surface area contributed by atoms with Crippen LogP contribution in [0, 0.1) is 0 Å². The van der Waals surface area contributed by atoms with Gasteiger partial charge in [-0.05, 0) is 36.4 Å². The summed E-state index contributed by atoms with van der Waals surface area (Å²) in [6.45, 7) is 1.56. The number of anilines is 1. The number of amides is 1. The summed E-state index contributed by atoms with van der Waals surface area (Å²) >= 11 is 0. The summed E-state index contributed by atoms with van der Waals surface area (Å²) < 4.78 is 5.37. The van der Waals surface area contributed by atoms with Crippen molar-refractivity contribution in [1.29, 1.82) is 0 Å². The fraction of sp³-hybridized carbons (Fsp3) is 0.294. The third-order valence-electron chi connectivity index (χ3n) is 4.32. The molecule has 0 bridgehead atoms. The normalized spacial score (nSPS) is 15.8. The molecule has 6 nitrogen and oxygen atoms in total. The lowest BCUT2D eigenvalue weighted by molar-refractivity contribution is 0.0845. The number of hydrogen-bond acceptors (Lipinski definition) is 3. The summed E-state index contributed by atoms with van der Waals surface area (Å²) in [5, 5.41) is 11.2. The molecule has 0 atom stereocenters. The van der Waals surface area contributed by atoms with Gasteiger partial charge in [-0.3, -0.25) is 9.89 Å². The van der Waals surface area contributed by atoms with Gasteiger partial charge in [-0.25, -0.2) is 0 Å². The molecule has 4 rings (SSSR count). The SMILES string of the molecule is O=C(Nc1cc(C2CCOCC2)[nH]n1)c1ccc2cc[nH]c2c1. The van der Waals surface area contributed by atoms with Crippen LogP contribution in [-0.2, 0) is 4.74 Å². The second-order valence-corrected chi connectivity index (χ2v) is 5.83. The fourth-order valence-corrected chi connectivity index (χ4v) is 3.00. The first-order valence-electron chi connectivity index (χ1n) is 7.81. The van der Waals surface area contributed by atoms with E-state index in [9.17, 15) is 4.79 Å². The van der Waals surface area contributed by atoms with E-state index >= 15 is 0 Å². The van der Waals surface area contributed by atoms with Crippen LogP contribution in [0.2, 0.25) is 0 Å². The Labute approximate surface area is 133 Å². The number of nitrogens with one attached hydrogen (secondary N) is 3. The molecule has 1 fully saturated rings. The van der Waals surface area contributed by atoms with Crippen LogP contribution in [0.5, 0.6) is 0 Å². The number of ether oxygens (including phenoxy) is 1. The van der Waals surface area contributed by atoms with Crippen molar-refractivity contribution in [3.63, 3.8) is 0 Å². The predicted octanol–water partition coefficient (Wildman–Crippen LogP) is 3.04. The summed E-state index contributed by atoms with van der Waals surface area (Å²) in [7, 11) is 0. The molecule has 3 aromatic rings. The number of fused-ring (bicyclic) bond motifs is 1. The van der Waals surface area contributed by atoms with Crippen molar-refractivity contribution in [3.05, 3.63) is 47.8 Å². The predicted molar refractivity (Wildman–Crippen MR) is 87.6 cm³/mol. The summed E-state index contributed by atoms with van der Waals surface area (Å²) in [6.07, 6.45) is 3.83. The number of hydrogen-bond donors (Lipinski definition) is 3. The Balaban J connectivity index is 1.48. The number of H-pyrrole nitrogens is 2. The quantitative estimate of drug-likeness (QED) is 0.695. The molecule has 0 aliphatic carbocycles. The van der Waals surface area contributed by atoms with E-state index < -0.39 is 0 Å². The van der Waals surface area contributed by atoms with E-state index in [2.05, 4.69) is 20.5 Å². The molecule has 0 radical (unpaired) electrons.